The zero-order chi connectivity index (χ0) is 10.5. The van der Waals surface area contributed by atoms with Gasteiger partial charge in [-0.3, -0.25) is 0 Å². The van der Waals surface area contributed by atoms with Crippen LogP contribution in [0.2, 0.25) is 0 Å². The van der Waals surface area contributed by atoms with Crippen LogP contribution in [0.15, 0.2) is 6.08 Å². The van der Waals surface area contributed by atoms with E-state index >= 15 is 0 Å². The van der Waals surface area contributed by atoms with Crippen molar-refractivity contribution in [1.29, 1.82) is 0 Å². The third-order valence-corrected chi connectivity index (χ3v) is 1.28. The molecule has 0 amide bonds. The second-order valence-electron chi connectivity index (χ2n) is 2.45. The Morgan fingerprint density at radius 3 is 0.933 bits per heavy atom. The maximum atomic E-state index is 4.84. The first-order valence-electron chi connectivity index (χ1n) is 4.57. The quantitative estimate of drug-likeness (QED) is 0.645. The number of hydrogen-bond acceptors (Lipinski definition) is 0. The van der Waals surface area contributed by atoms with Crippen LogP contribution in [0.1, 0.15) is 6.42 Å². The van der Waals surface area contributed by atoms with Crippen molar-refractivity contribution in [1.82, 2.24) is 0 Å². The molecule has 0 atom stereocenters. The second kappa shape index (κ2) is 17.0. The van der Waals surface area contributed by atoms with Crippen LogP contribution in [0.5, 0.6) is 0 Å². The molecule has 0 aromatic carbocycles. The zero-order valence-corrected chi connectivity index (χ0v) is 11.3. The van der Waals surface area contributed by atoms with Crippen LogP contribution in [0, 0.1) is 77.7 Å². The molecule has 0 aromatic heterocycles. The minimum absolute atomic E-state index is 0. The maximum Gasteiger partial charge on any atom is 2.00 e. The molecule has 76 valence electrons. The Kier molecular flexibility index (Phi) is 20.4. The summed E-state index contributed by atoms with van der Waals surface area (Å²) in [5, 5.41) is 0. The molecule has 0 heterocycles. The molecule has 0 nitrogen and oxygen atoms in total. The third-order valence-electron chi connectivity index (χ3n) is 1.28. The predicted molar refractivity (Wildman–Crippen MR) is 61.8 cm³/mol. The average molecular weight is 276 g/mol. The van der Waals surface area contributed by atoms with E-state index in [2.05, 4.69) is 6.92 Å². The van der Waals surface area contributed by atoms with Crippen LogP contribution in [-0.2, 0) is 26.2 Å². The Morgan fingerprint density at radius 2 is 0.867 bits per heavy atom. The van der Waals surface area contributed by atoms with Gasteiger partial charge in [-0.15, -0.1) is 0 Å². The van der Waals surface area contributed by atoms with E-state index in [0.29, 0.717) is 0 Å². The van der Waals surface area contributed by atoms with E-state index < -0.39 is 0 Å². The largest absolute Gasteiger partial charge is 2.00 e. The number of rotatable bonds is 1. The van der Waals surface area contributed by atoms with Gasteiger partial charge in [-0.1, -0.05) is 0 Å². The van der Waals surface area contributed by atoms with Crippen molar-refractivity contribution < 1.29 is 26.2 Å². The molecule has 15 heavy (non-hydrogen) atoms. The minimum atomic E-state index is 0. The summed E-state index contributed by atoms with van der Waals surface area (Å²) in [6.45, 7) is 8.26. The molecule has 0 bridgehead atoms. The van der Waals surface area contributed by atoms with Crippen LogP contribution in [0.3, 0.4) is 0 Å². The van der Waals surface area contributed by atoms with Crippen molar-refractivity contribution in [2.45, 2.75) is 6.42 Å². The van der Waals surface area contributed by atoms with Crippen molar-refractivity contribution in [2.24, 2.45) is 0 Å². The fourth-order valence-corrected chi connectivity index (χ4v) is 0.642. The molecule has 2 fully saturated rings. The zero-order valence-electron chi connectivity index (χ0n) is 8.84. The Bertz CT molecular complexity index is 76.7. The van der Waals surface area contributed by atoms with E-state index in [-0.39, 0.29) is 26.2 Å². The molecule has 0 N–H and O–H groups in total. The van der Waals surface area contributed by atoms with Gasteiger partial charge in [0.25, 0.3) is 0 Å². The molecule has 0 aliphatic heterocycles. The van der Waals surface area contributed by atoms with Gasteiger partial charge in [-0.05, 0) is 64.2 Å². The fraction of sp³-hybridized carbons (Fsp3) is 0.0714. The first-order valence-corrected chi connectivity index (χ1v) is 4.57. The maximum absolute atomic E-state index is 4.84. The third kappa shape index (κ3) is 17.2. The summed E-state index contributed by atoms with van der Waals surface area (Å²) < 4.78 is 0. The first-order chi connectivity index (χ1) is 6.91. The first kappa shape index (κ1) is 18.0. The Hall–Kier alpha value is 0.623. The van der Waals surface area contributed by atoms with Gasteiger partial charge in [0.2, 0.25) is 0 Å². The standard InChI is InChI=1S/2C5H5.C4H6.Zr/c2*1-2-4-5-3-1;1-3-4-2;/h2*1-5H;1,3H,2,4H2;/q;;-2;+2. The van der Waals surface area contributed by atoms with E-state index in [4.69, 9.17) is 6.58 Å². The second-order valence-corrected chi connectivity index (χ2v) is 2.45. The monoisotopic (exact) mass is 274 g/mol. The van der Waals surface area contributed by atoms with Crippen LogP contribution >= 0.6 is 0 Å². The molecule has 0 saturated heterocycles. The SMILES string of the molecule is [CH-]=CC[CH2-].[CH]1[CH][CH][CH][CH]1.[CH]1[CH][CH][CH][CH]1.[Zr+2]. The van der Waals surface area contributed by atoms with Gasteiger partial charge in [-0.2, -0.15) is 6.42 Å². The molecule has 0 spiro atoms. The van der Waals surface area contributed by atoms with E-state index in [1.165, 1.54) is 6.08 Å². The number of hydrogen-bond donors (Lipinski definition) is 0. The summed E-state index contributed by atoms with van der Waals surface area (Å²) in [5.41, 5.74) is 0. The topological polar surface area (TPSA) is 0 Å². The summed E-state index contributed by atoms with van der Waals surface area (Å²) >= 11 is 0. The van der Waals surface area contributed by atoms with E-state index in [0.717, 1.165) is 6.42 Å². The average Bonchev–Trinajstić information content (AvgIpc) is 2.94. The summed E-state index contributed by atoms with van der Waals surface area (Å²) in [5.74, 6) is 0. The van der Waals surface area contributed by atoms with Gasteiger partial charge in [-0.25, -0.2) is 0 Å². The number of allylic oxidation sites excluding steroid dienone is 1. The molecule has 1 heteroatoms. The molecular weight excluding hydrogens is 259 g/mol. The summed E-state index contributed by atoms with van der Waals surface area (Å²) in [6.07, 6.45) is 22.2. The Labute approximate surface area is 116 Å². The minimum Gasteiger partial charge on any atom is -0.520 e. The molecular formula is C14H16Zr. The summed E-state index contributed by atoms with van der Waals surface area (Å²) in [7, 11) is 0. The Balaban J connectivity index is 0. The molecule has 2 aliphatic rings. The normalized spacial score (nSPS) is 17.7. The molecule has 10 radical (unpaired) electrons. The van der Waals surface area contributed by atoms with Crippen LogP contribution in [-0.4, -0.2) is 0 Å². The van der Waals surface area contributed by atoms with Crippen molar-refractivity contribution in [3.8, 4) is 0 Å². The van der Waals surface area contributed by atoms with Crippen molar-refractivity contribution in [3.05, 3.63) is 83.8 Å². The molecule has 2 rings (SSSR count). The Morgan fingerprint density at radius 1 is 0.733 bits per heavy atom. The molecule has 2 saturated carbocycles. The van der Waals surface area contributed by atoms with Gasteiger partial charge >= 0.3 is 26.2 Å². The summed E-state index contributed by atoms with van der Waals surface area (Å²) in [4.78, 5) is 0. The summed E-state index contributed by atoms with van der Waals surface area (Å²) in [6, 6.07) is 0. The van der Waals surface area contributed by atoms with Gasteiger partial charge in [0.1, 0.15) is 0 Å². The van der Waals surface area contributed by atoms with E-state index in [1.807, 2.05) is 64.2 Å². The van der Waals surface area contributed by atoms with Crippen molar-refractivity contribution in [2.75, 3.05) is 0 Å². The van der Waals surface area contributed by atoms with Crippen LogP contribution in [0.25, 0.3) is 0 Å². The van der Waals surface area contributed by atoms with Gasteiger partial charge < -0.3 is 19.6 Å². The van der Waals surface area contributed by atoms with Gasteiger partial charge in [0.15, 0.2) is 0 Å². The predicted octanol–water partition coefficient (Wildman–Crippen LogP) is 3.24. The fourth-order valence-electron chi connectivity index (χ4n) is 0.642. The van der Waals surface area contributed by atoms with Crippen molar-refractivity contribution in [3.63, 3.8) is 0 Å². The van der Waals surface area contributed by atoms with Crippen LogP contribution in [0.4, 0.5) is 0 Å². The molecule has 0 unspecified atom stereocenters. The van der Waals surface area contributed by atoms with Crippen LogP contribution < -0.4 is 0 Å². The van der Waals surface area contributed by atoms with E-state index in [1.54, 1.807) is 0 Å². The smallest absolute Gasteiger partial charge is 0.520 e. The van der Waals surface area contributed by atoms with Gasteiger partial charge in [0.05, 0.1) is 0 Å². The van der Waals surface area contributed by atoms with E-state index in [9.17, 15) is 0 Å². The molecule has 0 aromatic rings. The molecule has 2 aliphatic carbocycles. The van der Waals surface area contributed by atoms with Crippen molar-refractivity contribution >= 4 is 0 Å². The van der Waals surface area contributed by atoms with Gasteiger partial charge in [0, 0.05) is 0 Å².